The molecule has 0 fully saturated rings. The quantitative estimate of drug-likeness (QED) is 0.179. The first kappa shape index (κ1) is 32.3. The number of hydrogen-bond donors (Lipinski definition) is 0. The highest BCUT2D eigenvalue weighted by Gasteiger charge is 2.51. The van der Waals surface area contributed by atoms with Crippen molar-refractivity contribution in [3.8, 4) is 33.8 Å². The van der Waals surface area contributed by atoms with E-state index in [9.17, 15) is 0 Å². The molecule has 2 aromatic heterocycles. The molecule has 0 N–H and O–H groups in total. The first-order valence-corrected chi connectivity index (χ1v) is 20.1. The zero-order valence-electron chi connectivity index (χ0n) is 31.7. The van der Waals surface area contributed by atoms with Gasteiger partial charge in [-0.2, -0.15) is 0 Å². The van der Waals surface area contributed by atoms with Gasteiger partial charge in [-0.1, -0.05) is 140 Å². The lowest BCUT2D eigenvalue weighted by atomic mass is 9.66. The van der Waals surface area contributed by atoms with Gasteiger partial charge in [0.2, 0.25) is 0 Å². The second-order valence-electron chi connectivity index (χ2n) is 15.5. The molecule has 4 nitrogen and oxygen atoms in total. The smallest absolute Gasteiger partial charge is 0.137 e. The predicted octanol–water partition coefficient (Wildman–Crippen LogP) is 15.1. The van der Waals surface area contributed by atoms with Crippen molar-refractivity contribution < 1.29 is 13.6 Å². The van der Waals surface area contributed by atoms with Crippen LogP contribution in [0.25, 0.3) is 66.1 Å². The topological polar surface area (TPSA) is 38.8 Å². The summed E-state index contributed by atoms with van der Waals surface area (Å²) in [7, 11) is 0. The standard InChI is InChI=1S/C55H33NO3/c1-2-14-34(15-3-1)35-28-31-48-40(32-35)54-46(23-13-27-51(54)58-48)56(45-22-12-26-50-53(45)39-18-6-10-24-47(39)57-50)36-29-30-44-52(33-36)59-49-25-11-9-21-43(49)55(44)41-19-7-4-16-37(41)38-17-5-8-20-42(38)55/h1-33H. The van der Waals surface area contributed by atoms with Gasteiger partial charge in [0.15, 0.2) is 0 Å². The van der Waals surface area contributed by atoms with E-state index in [4.69, 9.17) is 13.6 Å². The van der Waals surface area contributed by atoms with Crippen molar-refractivity contribution in [1.82, 2.24) is 0 Å². The van der Waals surface area contributed by atoms with E-state index in [1.807, 2.05) is 12.1 Å². The van der Waals surface area contributed by atoms with Gasteiger partial charge in [-0.25, -0.2) is 0 Å². The number of para-hydroxylation sites is 2. The van der Waals surface area contributed by atoms with Crippen molar-refractivity contribution >= 4 is 60.9 Å². The molecule has 1 aliphatic heterocycles. The average molecular weight is 756 g/mol. The van der Waals surface area contributed by atoms with Crippen LogP contribution in [0.1, 0.15) is 22.3 Å². The van der Waals surface area contributed by atoms with Crippen molar-refractivity contribution in [2.75, 3.05) is 4.90 Å². The number of benzene rings is 9. The van der Waals surface area contributed by atoms with E-state index in [2.05, 4.69) is 193 Å². The fraction of sp³-hybridized carbons (Fsp3) is 0.0182. The summed E-state index contributed by atoms with van der Waals surface area (Å²) in [6.07, 6.45) is 0. The van der Waals surface area contributed by atoms with Gasteiger partial charge in [0, 0.05) is 33.7 Å². The summed E-state index contributed by atoms with van der Waals surface area (Å²) in [4.78, 5) is 2.37. The average Bonchev–Trinajstić information content (AvgIpc) is 3.96. The molecule has 0 bridgehead atoms. The largest absolute Gasteiger partial charge is 0.457 e. The van der Waals surface area contributed by atoms with E-state index in [-0.39, 0.29) is 0 Å². The highest BCUT2D eigenvalue weighted by molar-refractivity contribution is 6.18. The number of nitrogens with zero attached hydrogens (tertiary/aromatic N) is 1. The van der Waals surface area contributed by atoms with E-state index < -0.39 is 5.41 Å². The molecule has 9 aromatic carbocycles. The van der Waals surface area contributed by atoms with Crippen molar-refractivity contribution in [2.45, 2.75) is 5.41 Å². The molecule has 1 aliphatic carbocycles. The highest BCUT2D eigenvalue weighted by atomic mass is 16.5. The second kappa shape index (κ2) is 12.1. The zero-order chi connectivity index (χ0) is 38.7. The maximum Gasteiger partial charge on any atom is 0.137 e. The van der Waals surface area contributed by atoms with E-state index in [1.54, 1.807) is 0 Å². The van der Waals surface area contributed by atoms with Crippen LogP contribution in [0.5, 0.6) is 11.5 Å². The number of ether oxygens (including phenoxy) is 1. The van der Waals surface area contributed by atoms with E-state index in [0.717, 1.165) is 94.7 Å². The van der Waals surface area contributed by atoms with Crippen LogP contribution in [-0.2, 0) is 5.41 Å². The van der Waals surface area contributed by atoms with E-state index in [1.165, 1.54) is 22.3 Å². The number of fused-ring (bicyclic) bond motifs is 15. The Morgan fingerprint density at radius 3 is 1.68 bits per heavy atom. The van der Waals surface area contributed by atoms with Crippen LogP contribution in [0, 0.1) is 0 Å². The van der Waals surface area contributed by atoms with Gasteiger partial charge in [-0.05, 0) is 88.0 Å². The molecule has 0 saturated carbocycles. The van der Waals surface area contributed by atoms with Crippen LogP contribution in [0.3, 0.4) is 0 Å². The van der Waals surface area contributed by atoms with Crippen LogP contribution in [0.15, 0.2) is 209 Å². The number of hydrogen-bond acceptors (Lipinski definition) is 4. The minimum Gasteiger partial charge on any atom is -0.457 e. The van der Waals surface area contributed by atoms with Crippen molar-refractivity contribution in [3.05, 3.63) is 222 Å². The molecular formula is C55H33NO3. The summed E-state index contributed by atoms with van der Waals surface area (Å²) in [6, 6.07) is 71.0. The maximum atomic E-state index is 7.04. The Hall–Kier alpha value is -7.82. The minimum atomic E-state index is -0.559. The Morgan fingerprint density at radius 2 is 0.932 bits per heavy atom. The van der Waals surface area contributed by atoms with Crippen LogP contribution in [0.2, 0.25) is 0 Å². The molecule has 1 spiro atoms. The molecule has 59 heavy (non-hydrogen) atoms. The third-order valence-corrected chi connectivity index (χ3v) is 12.5. The molecule has 4 heteroatoms. The number of rotatable bonds is 4. The Balaban J connectivity index is 1.11. The minimum absolute atomic E-state index is 0.559. The lowest BCUT2D eigenvalue weighted by Crippen LogP contribution is -2.32. The Labute approximate surface area is 339 Å². The molecule has 2 aliphatic rings. The second-order valence-corrected chi connectivity index (χ2v) is 15.5. The lowest BCUT2D eigenvalue weighted by molar-refractivity contribution is 0.436. The van der Waals surface area contributed by atoms with Gasteiger partial charge in [0.05, 0.1) is 27.6 Å². The van der Waals surface area contributed by atoms with Crippen molar-refractivity contribution in [3.63, 3.8) is 0 Å². The Bertz CT molecular complexity index is 3460. The monoisotopic (exact) mass is 755 g/mol. The fourth-order valence-corrected chi connectivity index (χ4v) is 10.1. The first-order chi connectivity index (χ1) is 29.3. The van der Waals surface area contributed by atoms with Crippen LogP contribution >= 0.6 is 0 Å². The Morgan fingerprint density at radius 1 is 0.356 bits per heavy atom. The van der Waals surface area contributed by atoms with Gasteiger partial charge < -0.3 is 18.5 Å². The van der Waals surface area contributed by atoms with Gasteiger partial charge in [0.25, 0.3) is 0 Å². The molecule has 0 unspecified atom stereocenters. The molecule has 0 saturated heterocycles. The molecule has 0 atom stereocenters. The molecule has 3 heterocycles. The van der Waals surface area contributed by atoms with Crippen molar-refractivity contribution in [2.24, 2.45) is 0 Å². The van der Waals surface area contributed by atoms with Crippen LogP contribution < -0.4 is 9.64 Å². The summed E-state index contributed by atoms with van der Waals surface area (Å²) in [5.41, 5.74) is 15.3. The Kier molecular flexibility index (Phi) is 6.62. The van der Waals surface area contributed by atoms with Crippen molar-refractivity contribution in [1.29, 1.82) is 0 Å². The third kappa shape index (κ3) is 4.43. The summed E-state index contributed by atoms with van der Waals surface area (Å²) in [6.45, 7) is 0. The number of anilines is 3. The molecule has 0 amide bonds. The lowest BCUT2D eigenvalue weighted by Gasteiger charge is -2.40. The number of furan rings is 2. The van der Waals surface area contributed by atoms with Gasteiger partial charge in [0.1, 0.15) is 33.8 Å². The third-order valence-electron chi connectivity index (χ3n) is 12.5. The molecule has 13 rings (SSSR count). The van der Waals surface area contributed by atoms with E-state index >= 15 is 0 Å². The summed E-state index contributed by atoms with van der Waals surface area (Å²) in [5, 5.41) is 4.17. The fourth-order valence-electron chi connectivity index (χ4n) is 10.1. The van der Waals surface area contributed by atoms with Gasteiger partial charge in [-0.15, -0.1) is 0 Å². The molecule has 11 aromatic rings. The molecule has 0 radical (unpaired) electrons. The van der Waals surface area contributed by atoms with Crippen LogP contribution in [0.4, 0.5) is 17.1 Å². The highest BCUT2D eigenvalue weighted by Crippen LogP contribution is 2.62. The molecule has 276 valence electrons. The van der Waals surface area contributed by atoms with Gasteiger partial charge in [-0.3, -0.25) is 0 Å². The van der Waals surface area contributed by atoms with Gasteiger partial charge >= 0.3 is 0 Å². The predicted molar refractivity (Wildman–Crippen MR) is 238 cm³/mol. The first-order valence-electron chi connectivity index (χ1n) is 20.1. The van der Waals surface area contributed by atoms with E-state index in [0.29, 0.717) is 0 Å². The zero-order valence-corrected chi connectivity index (χ0v) is 31.7. The van der Waals surface area contributed by atoms with Crippen LogP contribution in [-0.4, -0.2) is 0 Å². The summed E-state index contributed by atoms with van der Waals surface area (Å²) >= 11 is 0. The SMILES string of the molecule is c1ccc(-c2ccc3oc4cccc(N(c5ccc6c(c5)Oc5ccccc5C65c6ccccc6-c6ccccc65)c5cccc6oc7ccccc7c56)c4c3c2)cc1. The maximum absolute atomic E-state index is 7.04. The normalized spacial score (nSPS) is 13.4. The molecular weight excluding hydrogens is 723 g/mol. The summed E-state index contributed by atoms with van der Waals surface area (Å²) < 4.78 is 20.2. The summed E-state index contributed by atoms with van der Waals surface area (Å²) in [5.74, 6) is 1.67.